The van der Waals surface area contributed by atoms with Crippen molar-refractivity contribution in [3.05, 3.63) is 54.0 Å². The number of hydrogen-bond acceptors (Lipinski definition) is 6. The van der Waals surface area contributed by atoms with E-state index in [4.69, 9.17) is 8.83 Å². The molecule has 0 spiro atoms. The molecule has 6 nitrogen and oxygen atoms in total. The second kappa shape index (κ2) is 7.65. The van der Waals surface area contributed by atoms with E-state index >= 15 is 0 Å². The Morgan fingerprint density at radius 3 is 3.00 bits per heavy atom. The number of hydrazone groups is 1. The summed E-state index contributed by atoms with van der Waals surface area (Å²) >= 11 is 1.22. The van der Waals surface area contributed by atoms with Gasteiger partial charge >= 0.3 is 0 Å². The van der Waals surface area contributed by atoms with Gasteiger partial charge in [0.25, 0.3) is 11.1 Å². The maximum Gasteiger partial charge on any atom is 0.257 e. The van der Waals surface area contributed by atoms with E-state index in [-0.39, 0.29) is 11.7 Å². The second-order valence-electron chi connectivity index (χ2n) is 4.93. The van der Waals surface area contributed by atoms with Gasteiger partial charge < -0.3 is 8.83 Å². The molecule has 0 aliphatic carbocycles. The van der Waals surface area contributed by atoms with Crippen molar-refractivity contribution in [2.45, 2.75) is 12.1 Å². The predicted molar refractivity (Wildman–Crippen MR) is 93.7 cm³/mol. The fraction of sp³-hybridized carbons (Fsp3) is 0.118. The molecule has 3 rings (SSSR count). The van der Waals surface area contributed by atoms with Crippen LogP contribution in [0.5, 0.6) is 0 Å². The van der Waals surface area contributed by atoms with Crippen LogP contribution in [-0.4, -0.2) is 22.9 Å². The molecule has 24 heavy (non-hydrogen) atoms. The highest BCUT2D eigenvalue weighted by Gasteiger charge is 2.08. The molecule has 7 heteroatoms. The van der Waals surface area contributed by atoms with E-state index in [2.05, 4.69) is 15.5 Å². The molecule has 0 bridgehead atoms. The van der Waals surface area contributed by atoms with Crippen molar-refractivity contribution in [2.75, 3.05) is 5.75 Å². The number of aromatic nitrogens is 1. The average molecular weight is 341 g/mol. The molecule has 0 unspecified atom stereocenters. The molecule has 0 radical (unpaired) electrons. The van der Waals surface area contributed by atoms with E-state index in [9.17, 15) is 4.79 Å². The minimum Gasteiger partial charge on any atom is -0.465 e. The summed E-state index contributed by atoms with van der Waals surface area (Å²) in [5.74, 6) is 0.673. The van der Waals surface area contributed by atoms with Gasteiger partial charge in [-0.3, -0.25) is 4.79 Å². The van der Waals surface area contributed by atoms with Crippen molar-refractivity contribution in [2.24, 2.45) is 5.10 Å². The molecular formula is C17H15N3O3S. The number of nitrogens with zero attached hydrogens (tertiary/aromatic N) is 2. The highest BCUT2D eigenvalue weighted by molar-refractivity contribution is 7.99. The average Bonchev–Trinajstić information content (AvgIpc) is 3.21. The molecule has 3 aromatic rings. The third-order valence-corrected chi connectivity index (χ3v) is 3.80. The van der Waals surface area contributed by atoms with Gasteiger partial charge in [0.05, 0.1) is 18.2 Å². The Hall–Kier alpha value is -2.80. The summed E-state index contributed by atoms with van der Waals surface area (Å²) in [7, 11) is 0. The van der Waals surface area contributed by atoms with Gasteiger partial charge in [0, 0.05) is 0 Å². The zero-order valence-electron chi connectivity index (χ0n) is 12.9. The number of rotatable bonds is 6. The van der Waals surface area contributed by atoms with Crippen LogP contribution in [0, 0.1) is 0 Å². The maximum atomic E-state index is 11.8. The van der Waals surface area contributed by atoms with Crippen molar-refractivity contribution in [1.82, 2.24) is 10.4 Å². The number of amides is 1. The number of fused-ring (bicyclic) bond motifs is 1. The van der Waals surface area contributed by atoms with Crippen LogP contribution >= 0.6 is 11.8 Å². The molecule has 1 N–H and O–H groups in total. The first-order chi connectivity index (χ1) is 11.7. The van der Waals surface area contributed by atoms with Crippen molar-refractivity contribution in [3.8, 4) is 0 Å². The molecule has 1 aromatic carbocycles. The lowest BCUT2D eigenvalue weighted by atomic mass is 10.3. The van der Waals surface area contributed by atoms with Gasteiger partial charge in [-0.15, -0.1) is 0 Å². The molecule has 0 atom stereocenters. The number of benzene rings is 1. The highest BCUT2D eigenvalue weighted by Crippen LogP contribution is 2.22. The van der Waals surface area contributed by atoms with Gasteiger partial charge in [-0.05, 0) is 42.8 Å². The molecule has 0 saturated carbocycles. The zero-order valence-corrected chi connectivity index (χ0v) is 13.7. The Morgan fingerprint density at radius 2 is 2.21 bits per heavy atom. The van der Waals surface area contributed by atoms with E-state index in [1.807, 2.05) is 43.3 Å². The first kappa shape index (κ1) is 16.1. The smallest absolute Gasteiger partial charge is 0.257 e. The third kappa shape index (κ3) is 4.36. The molecule has 2 heterocycles. The fourth-order valence-corrected chi connectivity index (χ4v) is 2.54. The molecule has 0 aliphatic heterocycles. The third-order valence-electron chi connectivity index (χ3n) is 2.97. The van der Waals surface area contributed by atoms with E-state index < -0.39 is 0 Å². The minimum atomic E-state index is -0.232. The number of oxazole rings is 1. The van der Waals surface area contributed by atoms with E-state index in [0.717, 1.165) is 16.9 Å². The van der Waals surface area contributed by atoms with Crippen LogP contribution < -0.4 is 5.43 Å². The summed E-state index contributed by atoms with van der Waals surface area (Å²) in [4.78, 5) is 16.1. The summed E-state index contributed by atoms with van der Waals surface area (Å²) in [5.41, 5.74) is 4.80. The van der Waals surface area contributed by atoms with E-state index in [1.165, 1.54) is 11.8 Å². The quantitative estimate of drug-likeness (QED) is 0.420. The van der Waals surface area contributed by atoms with Crippen LogP contribution in [0.2, 0.25) is 0 Å². The number of nitrogens with one attached hydrogen (secondary N) is 1. The van der Waals surface area contributed by atoms with Crippen molar-refractivity contribution < 1.29 is 13.6 Å². The molecule has 122 valence electrons. The first-order valence-corrected chi connectivity index (χ1v) is 8.21. The number of furan rings is 1. The topological polar surface area (TPSA) is 80.6 Å². The van der Waals surface area contributed by atoms with Crippen LogP contribution in [0.3, 0.4) is 0 Å². The van der Waals surface area contributed by atoms with Crippen molar-refractivity contribution >= 4 is 41.1 Å². The SMILES string of the molecule is CC(C=NNC(=O)CSc1nc2ccccc2o1)=Cc1ccco1. The van der Waals surface area contributed by atoms with Gasteiger partial charge in [-0.25, -0.2) is 10.4 Å². The van der Waals surface area contributed by atoms with Crippen LogP contribution in [0.15, 0.2) is 67.4 Å². The summed E-state index contributed by atoms with van der Waals surface area (Å²) in [6.07, 6.45) is 4.98. The maximum absolute atomic E-state index is 11.8. The number of thioether (sulfide) groups is 1. The van der Waals surface area contributed by atoms with Gasteiger partial charge in [0.2, 0.25) is 0 Å². The lowest BCUT2D eigenvalue weighted by Crippen LogP contribution is -2.19. The monoisotopic (exact) mass is 341 g/mol. The zero-order chi connectivity index (χ0) is 16.8. The van der Waals surface area contributed by atoms with Gasteiger partial charge in [-0.2, -0.15) is 5.10 Å². The Labute approximate surface area is 142 Å². The van der Waals surface area contributed by atoms with Crippen LogP contribution in [0.1, 0.15) is 12.7 Å². The summed E-state index contributed by atoms with van der Waals surface area (Å²) in [6.45, 7) is 1.87. The van der Waals surface area contributed by atoms with E-state index in [1.54, 1.807) is 18.5 Å². The number of hydrogen-bond donors (Lipinski definition) is 1. The second-order valence-corrected chi connectivity index (χ2v) is 5.86. The molecule has 0 fully saturated rings. The number of carbonyl (C=O) groups excluding carboxylic acids is 1. The standard InChI is InChI=1S/C17H15N3O3S/c1-12(9-13-5-4-8-22-13)10-18-20-16(21)11-24-17-19-14-6-2-3-7-15(14)23-17/h2-10H,11H2,1H3,(H,20,21). The van der Waals surface area contributed by atoms with Gasteiger partial charge in [0.15, 0.2) is 5.58 Å². The van der Waals surface area contributed by atoms with Crippen molar-refractivity contribution in [1.29, 1.82) is 0 Å². The fourth-order valence-electron chi connectivity index (χ4n) is 1.91. The van der Waals surface area contributed by atoms with Crippen LogP contribution in [0.4, 0.5) is 0 Å². The Kier molecular flexibility index (Phi) is 5.12. The first-order valence-electron chi connectivity index (χ1n) is 7.23. The minimum absolute atomic E-state index is 0.172. The molecular weight excluding hydrogens is 326 g/mol. The predicted octanol–water partition coefficient (Wildman–Crippen LogP) is 3.72. The molecule has 0 aliphatic rings. The lowest BCUT2D eigenvalue weighted by molar-refractivity contribution is -0.118. The Balaban J connectivity index is 1.48. The number of para-hydroxylation sites is 2. The number of allylic oxidation sites excluding steroid dienone is 1. The van der Waals surface area contributed by atoms with Crippen LogP contribution in [0.25, 0.3) is 17.2 Å². The molecule has 0 saturated heterocycles. The largest absolute Gasteiger partial charge is 0.465 e. The van der Waals surface area contributed by atoms with Gasteiger partial charge in [-0.1, -0.05) is 23.9 Å². The van der Waals surface area contributed by atoms with Crippen molar-refractivity contribution in [3.63, 3.8) is 0 Å². The van der Waals surface area contributed by atoms with Gasteiger partial charge in [0.1, 0.15) is 11.3 Å². The van der Waals surface area contributed by atoms with Crippen LogP contribution in [-0.2, 0) is 4.79 Å². The normalized spacial score (nSPS) is 12.1. The Bertz CT molecular complexity index is 849. The summed E-state index contributed by atoms with van der Waals surface area (Å²) < 4.78 is 10.7. The summed E-state index contributed by atoms with van der Waals surface area (Å²) in [6, 6.07) is 11.1. The van der Waals surface area contributed by atoms with E-state index in [0.29, 0.717) is 10.8 Å². The lowest BCUT2D eigenvalue weighted by Gasteiger charge is -1.97. The highest BCUT2D eigenvalue weighted by atomic mass is 32.2. The Morgan fingerprint density at radius 1 is 1.33 bits per heavy atom. The molecule has 1 amide bonds. The molecule has 2 aromatic heterocycles. The number of carbonyl (C=O) groups is 1. The summed E-state index contributed by atoms with van der Waals surface area (Å²) in [5, 5.41) is 4.37.